The summed E-state index contributed by atoms with van der Waals surface area (Å²) in [6.07, 6.45) is -0.382. The maximum Gasteiger partial charge on any atom is 0.407 e. The van der Waals surface area contributed by atoms with Crippen molar-refractivity contribution in [2.45, 2.75) is 12.6 Å². The fourth-order valence-corrected chi connectivity index (χ4v) is 2.19. The molecule has 0 saturated carbocycles. The molecule has 0 bridgehead atoms. The van der Waals surface area contributed by atoms with E-state index in [2.05, 4.69) is 5.32 Å². The van der Waals surface area contributed by atoms with Crippen molar-refractivity contribution in [3.63, 3.8) is 0 Å². The van der Waals surface area contributed by atoms with E-state index in [4.69, 9.17) is 9.47 Å². The van der Waals surface area contributed by atoms with Crippen LogP contribution in [0.25, 0.3) is 0 Å². The molecule has 3 rings (SSSR count). The Morgan fingerprint density at radius 2 is 1.81 bits per heavy atom. The van der Waals surface area contributed by atoms with E-state index in [9.17, 15) is 4.79 Å². The molecule has 0 aromatic heterocycles. The molecule has 1 N–H and O–H groups in total. The molecule has 1 aliphatic heterocycles. The second-order valence-corrected chi connectivity index (χ2v) is 4.61. The van der Waals surface area contributed by atoms with Crippen molar-refractivity contribution in [1.82, 2.24) is 5.32 Å². The molecule has 21 heavy (non-hydrogen) atoms. The second kappa shape index (κ2) is 6.99. The molecule has 5 heteroatoms. The molecule has 2 aromatic carbocycles. The largest absolute Gasteiger partial charge is 0.489 e. The number of nitrogens with one attached hydrogen (secondary N) is 1. The minimum atomic E-state index is -0.382. The number of carbonyl (C=O) groups is 1. The first-order valence-corrected chi connectivity index (χ1v) is 6.52. The number of hydrogen-bond acceptors (Lipinski definition) is 3. The predicted octanol–water partition coefficient (Wildman–Crippen LogP) is 3.47. The lowest BCUT2D eigenvalue weighted by Gasteiger charge is -2.14. The second-order valence-electron chi connectivity index (χ2n) is 4.61. The number of amides is 1. The highest BCUT2D eigenvalue weighted by Gasteiger charge is 2.26. The van der Waals surface area contributed by atoms with Gasteiger partial charge in [0.05, 0.1) is 6.04 Å². The van der Waals surface area contributed by atoms with Crippen LogP contribution in [-0.2, 0) is 11.3 Å². The summed E-state index contributed by atoms with van der Waals surface area (Å²) in [5.74, 6) is 0.771. The lowest BCUT2D eigenvalue weighted by atomic mass is 10.1. The van der Waals surface area contributed by atoms with Gasteiger partial charge in [-0.25, -0.2) is 4.79 Å². The Bertz CT molecular complexity index is 603. The van der Waals surface area contributed by atoms with Crippen molar-refractivity contribution in [3.05, 3.63) is 65.7 Å². The summed E-state index contributed by atoms with van der Waals surface area (Å²) in [6, 6.07) is 17.5. The maximum absolute atomic E-state index is 11.1. The number of carbonyl (C=O) groups excluding carboxylic acids is 1. The number of cyclic esters (lactones) is 1. The molecule has 1 heterocycles. The zero-order chi connectivity index (χ0) is 13.8. The number of alkyl carbamates (subject to hydrolysis) is 1. The Hall–Kier alpha value is -2.20. The summed E-state index contributed by atoms with van der Waals surface area (Å²) in [6.45, 7) is 0.837. The number of ether oxygens (including phenoxy) is 2. The van der Waals surface area contributed by atoms with Gasteiger partial charge in [0.25, 0.3) is 0 Å². The first-order valence-electron chi connectivity index (χ1n) is 6.52. The lowest BCUT2D eigenvalue weighted by Crippen LogP contribution is -2.19. The van der Waals surface area contributed by atoms with Crippen molar-refractivity contribution in [2.75, 3.05) is 6.61 Å². The van der Waals surface area contributed by atoms with Gasteiger partial charge in [0.1, 0.15) is 19.0 Å². The molecular weight excluding hydrogens is 290 g/mol. The Kier molecular flexibility index (Phi) is 5.06. The minimum absolute atomic E-state index is 0. The lowest BCUT2D eigenvalue weighted by molar-refractivity contribution is 0.176. The summed E-state index contributed by atoms with van der Waals surface area (Å²) >= 11 is 0. The molecule has 0 spiro atoms. The fraction of sp³-hybridized carbons (Fsp3) is 0.188. The van der Waals surface area contributed by atoms with Gasteiger partial charge < -0.3 is 14.8 Å². The van der Waals surface area contributed by atoms with Crippen molar-refractivity contribution in [1.29, 1.82) is 0 Å². The van der Waals surface area contributed by atoms with Crippen LogP contribution in [0.3, 0.4) is 0 Å². The Morgan fingerprint density at radius 3 is 2.52 bits per heavy atom. The molecule has 1 amide bonds. The maximum atomic E-state index is 11.1. The first kappa shape index (κ1) is 15.2. The summed E-state index contributed by atoms with van der Waals surface area (Å²) in [7, 11) is 0. The van der Waals surface area contributed by atoms with Gasteiger partial charge in [0.15, 0.2) is 0 Å². The Labute approximate surface area is 129 Å². The van der Waals surface area contributed by atoms with Crippen molar-refractivity contribution < 1.29 is 14.3 Å². The fourth-order valence-electron chi connectivity index (χ4n) is 2.19. The van der Waals surface area contributed by atoms with Gasteiger partial charge in [-0.05, 0) is 11.6 Å². The first-order chi connectivity index (χ1) is 9.83. The van der Waals surface area contributed by atoms with Crippen molar-refractivity contribution in [2.24, 2.45) is 0 Å². The molecule has 4 nitrogen and oxygen atoms in total. The number of rotatable bonds is 4. The summed E-state index contributed by atoms with van der Waals surface area (Å²) in [5, 5.41) is 2.77. The average Bonchev–Trinajstić information content (AvgIpc) is 2.93. The van der Waals surface area contributed by atoms with Crippen LogP contribution in [0.15, 0.2) is 54.6 Å². The van der Waals surface area contributed by atoms with Crippen LogP contribution >= 0.6 is 12.4 Å². The third-order valence-electron chi connectivity index (χ3n) is 3.20. The van der Waals surface area contributed by atoms with E-state index >= 15 is 0 Å². The molecule has 1 aliphatic rings. The van der Waals surface area contributed by atoms with Gasteiger partial charge >= 0.3 is 6.09 Å². The molecule has 1 saturated heterocycles. The highest BCUT2D eigenvalue weighted by molar-refractivity contribution is 5.85. The molecule has 2 aromatic rings. The average molecular weight is 306 g/mol. The summed E-state index contributed by atoms with van der Waals surface area (Å²) in [4.78, 5) is 11.1. The zero-order valence-electron chi connectivity index (χ0n) is 11.3. The summed E-state index contributed by atoms with van der Waals surface area (Å²) in [5.41, 5.74) is 2.04. The number of benzene rings is 2. The van der Waals surface area contributed by atoms with Gasteiger partial charge in [0.2, 0.25) is 0 Å². The minimum Gasteiger partial charge on any atom is -0.489 e. The van der Waals surface area contributed by atoms with Crippen LogP contribution in [0.4, 0.5) is 4.79 Å². The topological polar surface area (TPSA) is 47.6 Å². The van der Waals surface area contributed by atoms with E-state index < -0.39 is 0 Å². The van der Waals surface area contributed by atoms with Crippen LogP contribution in [0.2, 0.25) is 0 Å². The molecule has 0 unspecified atom stereocenters. The monoisotopic (exact) mass is 305 g/mol. The third kappa shape index (κ3) is 3.67. The standard InChI is InChI=1S/C16H15NO3.ClH/c18-16-17-14(11-20-16)13-8-4-5-9-15(13)19-10-12-6-2-1-3-7-12;/h1-9,14H,10-11H2,(H,17,18);1H/t14-;/m1./s1. The van der Waals surface area contributed by atoms with Crippen LogP contribution in [0, 0.1) is 0 Å². The van der Waals surface area contributed by atoms with Crippen LogP contribution in [0.1, 0.15) is 17.2 Å². The van der Waals surface area contributed by atoms with Crippen LogP contribution < -0.4 is 10.1 Å². The van der Waals surface area contributed by atoms with Crippen molar-refractivity contribution >= 4 is 18.5 Å². The number of halogens is 1. The Morgan fingerprint density at radius 1 is 1.10 bits per heavy atom. The van der Waals surface area contributed by atoms with Crippen molar-refractivity contribution in [3.8, 4) is 5.75 Å². The summed E-state index contributed by atoms with van der Waals surface area (Å²) < 4.78 is 10.8. The SMILES string of the molecule is Cl.O=C1N[C@@H](c2ccccc2OCc2ccccc2)CO1. The molecule has 0 aliphatic carbocycles. The van der Waals surface area contributed by atoms with E-state index in [0.717, 1.165) is 16.9 Å². The highest BCUT2D eigenvalue weighted by Crippen LogP contribution is 2.28. The quantitative estimate of drug-likeness (QED) is 0.941. The van der Waals surface area contributed by atoms with E-state index in [1.54, 1.807) is 0 Å². The zero-order valence-corrected chi connectivity index (χ0v) is 12.1. The van der Waals surface area contributed by atoms with E-state index in [1.165, 1.54) is 0 Å². The molecule has 110 valence electrons. The molecular formula is C16H16ClNO3. The molecule has 1 fully saturated rings. The van der Waals surface area contributed by atoms with E-state index in [0.29, 0.717) is 13.2 Å². The van der Waals surface area contributed by atoms with Crippen LogP contribution in [-0.4, -0.2) is 12.7 Å². The van der Waals surface area contributed by atoms with Gasteiger partial charge in [-0.1, -0.05) is 48.5 Å². The van der Waals surface area contributed by atoms with Gasteiger partial charge in [0, 0.05) is 5.56 Å². The number of para-hydroxylation sites is 1. The van der Waals surface area contributed by atoms with Crippen LogP contribution in [0.5, 0.6) is 5.75 Å². The normalized spacial score (nSPS) is 16.6. The van der Waals surface area contributed by atoms with E-state index in [-0.39, 0.29) is 24.5 Å². The smallest absolute Gasteiger partial charge is 0.407 e. The van der Waals surface area contributed by atoms with Gasteiger partial charge in [-0.3, -0.25) is 0 Å². The molecule has 0 radical (unpaired) electrons. The van der Waals surface area contributed by atoms with Gasteiger partial charge in [-0.15, -0.1) is 12.4 Å². The Balaban J connectivity index is 0.00000161. The predicted molar refractivity (Wildman–Crippen MR) is 81.7 cm³/mol. The number of hydrogen-bond donors (Lipinski definition) is 1. The highest BCUT2D eigenvalue weighted by atomic mass is 35.5. The molecule has 1 atom stereocenters. The van der Waals surface area contributed by atoms with E-state index in [1.807, 2.05) is 54.6 Å². The third-order valence-corrected chi connectivity index (χ3v) is 3.20. The van der Waals surface area contributed by atoms with Gasteiger partial charge in [-0.2, -0.15) is 0 Å².